The molecule has 0 aliphatic heterocycles. The predicted octanol–water partition coefficient (Wildman–Crippen LogP) is 1.90. The van der Waals surface area contributed by atoms with Crippen molar-refractivity contribution in [2.75, 3.05) is 0 Å². The molecule has 0 aliphatic rings. The number of primary amides is 1. The minimum absolute atomic E-state index is 0.110. The van der Waals surface area contributed by atoms with E-state index < -0.39 is 5.91 Å². The molecular formula is C11H8ClN3O. The molecule has 0 saturated carbocycles. The topological polar surface area (TPSA) is 68.9 Å². The molecule has 0 unspecified atom stereocenters. The number of benzene rings is 1. The summed E-state index contributed by atoms with van der Waals surface area (Å²) < 4.78 is 0. The molecular weight excluding hydrogens is 226 g/mol. The van der Waals surface area contributed by atoms with Gasteiger partial charge in [-0.25, -0.2) is 9.97 Å². The van der Waals surface area contributed by atoms with Crippen LogP contribution in [0.15, 0.2) is 36.4 Å². The molecule has 0 aliphatic carbocycles. The number of nitrogens with zero attached hydrogens (tertiary/aromatic N) is 2. The minimum Gasteiger partial charge on any atom is -0.364 e. The van der Waals surface area contributed by atoms with E-state index >= 15 is 0 Å². The fourth-order valence-electron chi connectivity index (χ4n) is 1.26. The molecule has 1 heterocycles. The molecule has 16 heavy (non-hydrogen) atoms. The van der Waals surface area contributed by atoms with Crippen molar-refractivity contribution in [2.45, 2.75) is 0 Å². The van der Waals surface area contributed by atoms with Gasteiger partial charge in [-0.05, 0) is 0 Å². The first-order chi connectivity index (χ1) is 7.66. The van der Waals surface area contributed by atoms with Gasteiger partial charge in [0.05, 0.1) is 0 Å². The Morgan fingerprint density at radius 1 is 1.19 bits per heavy atom. The number of aromatic nitrogens is 2. The van der Waals surface area contributed by atoms with E-state index in [2.05, 4.69) is 9.97 Å². The lowest BCUT2D eigenvalue weighted by Gasteiger charge is -2.02. The lowest BCUT2D eigenvalue weighted by Crippen LogP contribution is -2.14. The van der Waals surface area contributed by atoms with E-state index in [1.807, 2.05) is 30.3 Å². The number of hydrogen-bond donors (Lipinski definition) is 1. The van der Waals surface area contributed by atoms with Crippen LogP contribution >= 0.6 is 11.6 Å². The third-order valence-electron chi connectivity index (χ3n) is 1.98. The zero-order valence-electron chi connectivity index (χ0n) is 8.22. The van der Waals surface area contributed by atoms with Gasteiger partial charge in [-0.15, -0.1) is 0 Å². The van der Waals surface area contributed by atoms with Gasteiger partial charge in [0.15, 0.2) is 5.82 Å². The van der Waals surface area contributed by atoms with Crippen molar-refractivity contribution in [3.05, 3.63) is 47.2 Å². The highest BCUT2D eigenvalue weighted by Gasteiger charge is 2.08. The van der Waals surface area contributed by atoms with Crippen molar-refractivity contribution < 1.29 is 4.79 Å². The predicted molar refractivity (Wildman–Crippen MR) is 61.0 cm³/mol. The van der Waals surface area contributed by atoms with Crippen LogP contribution in [0.2, 0.25) is 5.15 Å². The summed E-state index contributed by atoms with van der Waals surface area (Å²) in [5, 5.41) is 0.197. The summed E-state index contributed by atoms with van der Waals surface area (Å²) in [4.78, 5) is 19.1. The summed E-state index contributed by atoms with van der Waals surface area (Å²) in [5.41, 5.74) is 6.04. The molecule has 1 aromatic carbocycles. The van der Waals surface area contributed by atoms with Crippen molar-refractivity contribution in [3.63, 3.8) is 0 Å². The van der Waals surface area contributed by atoms with E-state index in [-0.39, 0.29) is 10.8 Å². The molecule has 0 bridgehead atoms. The van der Waals surface area contributed by atoms with Gasteiger partial charge in [-0.1, -0.05) is 41.9 Å². The van der Waals surface area contributed by atoms with Crippen LogP contribution in [0.25, 0.3) is 11.4 Å². The highest BCUT2D eigenvalue weighted by Crippen LogP contribution is 2.17. The van der Waals surface area contributed by atoms with Crippen molar-refractivity contribution in [3.8, 4) is 11.4 Å². The van der Waals surface area contributed by atoms with Crippen LogP contribution in [-0.4, -0.2) is 15.9 Å². The fraction of sp³-hybridized carbons (Fsp3) is 0. The molecule has 5 heteroatoms. The van der Waals surface area contributed by atoms with Gasteiger partial charge in [-0.3, -0.25) is 4.79 Å². The smallest absolute Gasteiger partial charge is 0.267 e. The van der Waals surface area contributed by atoms with E-state index in [0.717, 1.165) is 5.56 Å². The summed E-state index contributed by atoms with van der Waals surface area (Å²) in [5.74, 6) is -0.233. The normalized spacial score (nSPS) is 10.1. The number of rotatable bonds is 2. The van der Waals surface area contributed by atoms with Crippen molar-refractivity contribution >= 4 is 17.5 Å². The second-order valence-corrected chi connectivity index (χ2v) is 3.52. The Kier molecular flexibility index (Phi) is 2.83. The first-order valence-corrected chi connectivity index (χ1v) is 4.94. The summed E-state index contributed by atoms with van der Waals surface area (Å²) in [7, 11) is 0. The van der Waals surface area contributed by atoms with E-state index in [4.69, 9.17) is 17.3 Å². The molecule has 2 rings (SSSR count). The number of hydrogen-bond acceptors (Lipinski definition) is 3. The molecule has 4 nitrogen and oxygen atoms in total. The minimum atomic E-state index is -0.624. The average Bonchev–Trinajstić information content (AvgIpc) is 2.29. The second-order valence-electron chi connectivity index (χ2n) is 3.13. The number of carbonyl (C=O) groups is 1. The molecule has 0 atom stereocenters. The fourth-order valence-corrected chi connectivity index (χ4v) is 1.44. The number of amides is 1. The van der Waals surface area contributed by atoms with Gasteiger partial charge < -0.3 is 5.73 Å². The van der Waals surface area contributed by atoms with E-state index in [9.17, 15) is 4.79 Å². The third kappa shape index (κ3) is 2.17. The number of nitrogens with two attached hydrogens (primary N) is 1. The molecule has 1 aromatic heterocycles. The summed E-state index contributed by atoms with van der Waals surface area (Å²) in [6.07, 6.45) is 0. The maximum Gasteiger partial charge on any atom is 0.267 e. The summed E-state index contributed by atoms with van der Waals surface area (Å²) in [6.45, 7) is 0. The van der Waals surface area contributed by atoms with E-state index in [1.54, 1.807) is 0 Å². The first kappa shape index (κ1) is 10.6. The highest BCUT2D eigenvalue weighted by molar-refractivity contribution is 6.29. The maximum absolute atomic E-state index is 11.0. The number of halogens is 1. The van der Waals surface area contributed by atoms with Gasteiger partial charge in [0.25, 0.3) is 5.91 Å². The van der Waals surface area contributed by atoms with Crippen molar-refractivity contribution in [1.82, 2.24) is 9.97 Å². The van der Waals surface area contributed by atoms with Crippen LogP contribution in [0, 0.1) is 0 Å². The molecule has 0 fully saturated rings. The van der Waals surface area contributed by atoms with Gasteiger partial charge in [0.2, 0.25) is 0 Å². The SMILES string of the molecule is NC(=O)c1cc(Cl)nc(-c2ccccc2)n1. The van der Waals surface area contributed by atoms with Crippen LogP contribution in [-0.2, 0) is 0 Å². The molecule has 80 valence electrons. The Balaban J connectivity index is 2.54. The van der Waals surface area contributed by atoms with Crippen LogP contribution in [0.3, 0.4) is 0 Å². The van der Waals surface area contributed by atoms with E-state index in [0.29, 0.717) is 5.82 Å². The van der Waals surface area contributed by atoms with Crippen molar-refractivity contribution in [2.24, 2.45) is 5.73 Å². The highest BCUT2D eigenvalue weighted by atomic mass is 35.5. The summed E-state index contributed by atoms with van der Waals surface area (Å²) >= 11 is 5.79. The monoisotopic (exact) mass is 233 g/mol. The molecule has 2 aromatic rings. The Morgan fingerprint density at radius 2 is 1.88 bits per heavy atom. The van der Waals surface area contributed by atoms with Crippen molar-refractivity contribution in [1.29, 1.82) is 0 Å². The zero-order valence-corrected chi connectivity index (χ0v) is 8.98. The molecule has 1 amide bonds. The number of carbonyl (C=O) groups excluding carboxylic acids is 1. The second kappa shape index (κ2) is 4.28. The van der Waals surface area contributed by atoms with Crippen LogP contribution in [0.5, 0.6) is 0 Å². The largest absolute Gasteiger partial charge is 0.364 e. The van der Waals surface area contributed by atoms with E-state index in [1.165, 1.54) is 6.07 Å². The quantitative estimate of drug-likeness (QED) is 0.806. The van der Waals surface area contributed by atoms with Gasteiger partial charge in [0, 0.05) is 11.6 Å². The van der Waals surface area contributed by atoms with Gasteiger partial charge >= 0.3 is 0 Å². The molecule has 0 saturated heterocycles. The molecule has 0 spiro atoms. The Labute approximate surface area is 97.1 Å². The Bertz CT molecular complexity index is 528. The maximum atomic E-state index is 11.0. The van der Waals surface area contributed by atoms with Gasteiger partial charge in [0.1, 0.15) is 10.8 Å². The Hall–Kier alpha value is -1.94. The Morgan fingerprint density at radius 3 is 2.50 bits per heavy atom. The average molecular weight is 234 g/mol. The molecule has 0 radical (unpaired) electrons. The zero-order chi connectivity index (χ0) is 11.5. The molecule has 2 N–H and O–H groups in total. The lowest BCUT2D eigenvalue weighted by atomic mass is 10.2. The standard InChI is InChI=1S/C11H8ClN3O/c12-9-6-8(10(13)16)14-11(15-9)7-4-2-1-3-5-7/h1-6H,(H2,13,16). The summed E-state index contributed by atoms with van der Waals surface area (Å²) in [6, 6.07) is 10.6. The van der Waals surface area contributed by atoms with Crippen LogP contribution < -0.4 is 5.73 Å². The van der Waals surface area contributed by atoms with Crippen LogP contribution in [0.4, 0.5) is 0 Å². The lowest BCUT2D eigenvalue weighted by molar-refractivity contribution is 0.0995. The van der Waals surface area contributed by atoms with Gasteiger partial charge in [-0.2, -0.15) is 0 Å². The van der Waals surface area contributed by atoms with Crippen LogP contribution in [0.1, 0.15) is 10.5 Å². The third-order valence-corrected chi connectivity index (χ3v) is 2.17. The first-order valence-electron chi connectivity index (χ1n) is 4.56.